The smallest absolute Gasteiger partial charge is 0.266 e. The van der Waals surface area contributed by atoms with Crippen LogP contribution in [-0.4, -0.2) is 42.0 Å². The van der Waals surface area contributed by atoms with Crippen LogP contribution >= 0.6 is 22.9 Å². The molecule has 0 spiro atoms. The average molecular weight is 570 g/mol. The number of carbonyl (C=O) groups excluding carboxylic acids is 1. The van der Waals surface area contributed by atoms with Gasteiger partial charge in [-0.2, -0.15) is 0 Å². The second-order valence-electron chi connectivity index (χ2n) is 9.92. The van der Waals surface area contributed by atoms with Gasteiger partial charge >= 0.3 is 0 Å². The normalized spacial score (nSPS) is 17.4. The molecule has 2 aromatic heterocycles. The fraction of sp³-hybridized carbons (Fsp3) is 0.333. The first-order valence-electron chi connectivity index (χ1n) is 12.9. The molecule has 0 atom stereocenters. The van der Waals surface area contributed by atoms with E-state index in [9.17, 15) is 13.6 Å². The zero-order chi connectivity index (χ0) is 27.7. The number of benzene rings is 2. The van der Waals surface area contributed by atoms with Crippen molar-refractivity contribution in [3.63, 3.8) is 0 Å². The van der Waals surface area contributed by atoms with Crippen molar-refractivity contribution in [3.8, 4) is 16.9 Å². The molecule has 1 aliphatic rings. The lowest BCUT2D eigenvalue weighted by atomic mass is 9.89. The number of ether oxygens (including phenoxy) is 1. The number of hydrogen-bond acceptors (Lipinski definition) is 5. The van der Waals surface area contributed by atoms with Crippen LogP contribution in [0.2, 0.25) is 5.02 Å². The fourth-order valence-electron chi connectivity index (χ4n) is 5.31. The van der Waals surface area contributed by atoms with Gasteiger partial charge in [0, 0.05) is 41.6 Å². The Morgan fingerprint density at radius 3 is 2.46 bits per heavy atom. The number of nitrogens with one attached hydrogen (secondary N) is 1. The van der Waals surface area contributed by atoms with E-state index < -0.39 is 11.6 Å². The summed E-state index contributed by atoms with van der Waals surface area (Å²) in [7, 11) is 3.55. The summed E-state index contributed by atoms with van der Waals surface area (Å²) in [6.45, 7) is 2.20. The number of fused-ring (bicyclic) bond motifs is 1. The van der Waals surface area contributed by atoms with Crippen molar-refractivity contribution in [2.75, 3.05) is 14.2 Å². The molecular formula is C30H30ClF2N3O2S. The molecule has 5 rings (SSSR count). The molecule has 1 amide bonds. The number of aromatic nitrogens is 1. The molecule has 0 unspecified atom stereocenters. The summed E-state index contributed by atoms with van der Waals surface area (Å²) in [6.07, 6.45) is 5.25. The lowest BCUT2D eigenvalue weighted by Gasteiger charge is -2.37. The average Bonchev–Trinajstić information content (AvgIpc) is 3.32. The van der Waals surface area contributed by atoms with E-state index in [1.165, 1.54) is 0 Å². The molecule has 0 saturated heterocycles. The molecule has 39 heavy (non-hydrogen) atoms. The monoisotopic (exact) mass is 569 g/mol. The first kappa shape index (κ1) is 27.5. The van der Waals surface area contributed by atoms with Gasteiger partial charge in [-0.15, -0.1) is 11.3 Å². The van der Waals surface area contributed by atoms with Gasteiger partial charge in [-0.1, -0.05) is 23.7 Å². The molecule has 5 nitrogen and oxygen atoms in total. The Hall–Kier alpha value is -3.07. The minimum atomic E-state index is -0.645. The van der Waals surface area contributed by atoms with Crippen LogP contribution in [0.15, 0.2) is 48.7 Å². The van der Waals surface area contributed by atoms with Gasteiger partial charge in [0.05, 0.1) is 22.2 Å². The van der Waals surface area contributed by atoms with Crippen LogP contribution in [0, 0.1) is 18.6 Å². The summed E-state index contributed by atoms with van der Waals surface area (Å²) in [5.41, 5.74) is 3.66. The third-order valence-corrected chi connectivity index (χ3v) is 9.22. The van der Waals surface area contributed by atoms with E-state index >= 15 is 0 Å². The lowest BCUT2D eigenvalue weighted by molar-refractivity contribution is 0.0604. The van der Waals surface area contributed by atoms with Crippen molar-refractivity contribution >= 4 is 38.9 Å². The quantitative estimate of drug-likeness (QED) is 0.252. The summed E-state index contributed by atoms with van der Waals surface area (Å²) < 4.78 is 34.9. The Bertz CT molecular complexity index is 1500. The third kappa shape index (κ3) is 5.51. The van der Waals surface area contributed by atoms with Gasteiger partial charge in [0.25, 0.3) is 5.91 Å². The standard InChI is InChI=1S/C30H30ClF2N3O2S/c1-17-4-5-19(15-35-17)18-6-13-25(38-3)20(14-18)16-36(22-9-7-21(34-2)8-10-22)30(37)29-27(31)26-23(32)11-12-24(33)28(26)39-29/h4-6,11-15,21-22,34H,7-10,16H2,1-3H3/t21-,22+. The van der Waals surface area contributed by atoms with Crippen molar-refractivity contribution in [2.45, 2.75) is 51.2 Å². The van der Waals surface area contributed by atoms with Crippen molar-refractivity contribution in [2.24, 2.45) is 0 Å². The highest BCUT2D eigenvalue weighted by molar-refractivity contribution is 7.21. The van der Waals surface area contributed by atoms with Crippen molar-refractivity contribution < 1.29 is 18.3 Å². The Kier molecular flexibility index (Phi) is 8.16. The maximum atomic E-state index is 14.6. The van der Waals surface area contributed by atoms with Gasteiger partial charge in [-0.05, 0) is 75.5 Å². The summed E-state index contributed by atoms with van der Waals surface area (Å²) in [6, 6.07) is 12.3. The van der Waals surface area contributed by atoms with E-state index in [2.05, 4.69) is 10.3 Å². The first-order valence-corrected chi connectivity index (χ1v) is 14.1. The van der Waals surface area contributed by atoms with Crippen LogP contribution in [0.4, 0.5) is 8.78 Å². The number of halogens is 3. The van der Waals surface area contributed by atoms with E-state index in [4.69, 9.17) is 16.3 Å². The maximum absolute atomic E-state index is 14.6. The number of amides is 1. The summed E-state index contributed by atoms with van der Waals surface area (Å²) >= 11 is 7.45. The van der Waals surface area contributed by atoms with E-state index in [-0.39, 0.29) is 38.5 Å². The van der Waals surface area contributed by atoms with Gasteiger partial charge in [0.15, 0.2) is 0 Å². The van der Waals surface area contributed by atoms with E-state index in [1.807, 2.05) is 50.5 Å². The number of thiophene rings is 1. The molecular weight excluding hydrogens is 540 g/mol. The molecule has 1 N–H and O–H groups in total. The van der Waals surface area contributed by atoms with E-state index in [0.717, 1.165) is 71.5 Å². The second kappa shape index (κ2) is 11.6. The van der Waals surface area contributed by atoms with Gasteiger partial charge in [0.1, 0.15) is 22.3 Å². The Labute approximate surface area is 235 Å². The van der Waals surface area contributed by atoms with Crippen LogP contribution in [0.3, 0.4) is 0 Å². The predicted molar refractivity (Wildman–Crippen MR) is 153 cm³/mol. The summed E-state index contributed by atoms with van der Waals surface area (Å²) in [5, 5.41) is 3.24. The highest BCUT2D eigenvalue weighted by Gasteiger charge is 2.33. The number of aryl methyl sites for hydroxylation is 1. The topological polar surface area (TPSA) is 54.5 Å². The van der Waals surface area contributed by atoms with Crippen molar-refractivity contribution in [3.05, 3.63) is 81.5 Å². The number of pyridine rings is 1. The molecule has 4 aromatic rings. The second-order valence-corrected chi connectivity index (χ2v) is 11.3. The fourth-order valence-corrected chi connectivity index (χ4v) is 6.82. The van der Waals surface area contributed by atoms with Gasteiger partial charge < -0.3 is 15.0 Å². The number of methoxy groups -OCH3 is 1. The Morgan fingerprint density at radius 2 is 1.82 bits per heavy atom. The molecule has 2 heterocycles. The molecule has 1 aliphatic carbocycles. The van der Waals surface area contributed by atoms with Gasteiger partial charge in [-0.3, -0.25) is 9.78 Å². The Balaban J connectivity index is 1.55. The van der Waals surface area contributed by atoms with Gasteiger partial charge in [-0.25, -0.2) is 8.78 Å². The SMILES string of the molecule is CN[C@H]1CC[C@@H](N(Cc2cc(-c3ccc(C)nc3)ccc2OC)C(=O)c2sc3c(F)ccc(F)c3c2Cl)CC1. The maximum Gasteiger partial charge on any atom is 0.266 e. The molecule has 0 aliphatic heterocycles. The van der Waals surface area contributed by atoms with E-state index in [1.54, 1.807) is 12.0 Å². The molecule has 2 aromatic carbocycles. The molecule has 1 fully saturated rings. The number of rotatable bonds is 7. The highest BCUT2D eigenvalue weighted by atomic mass is 35.5. The van der Waals surface area contributed by atoms with Crippen LogP contribution in [-0.2, 0) is 6.54 Å². The number of hydrogen-bond donors (Lipinski definition) is 1. The van der Waals surface area contributed by atoms with E-state index in [0.29, 0.717) is 11.8 Å². The van der Waals surface area contributed by atoms with Crippen molar-refractivity contribution in [1.29, 1.82) is 0 Å². The zero-order valence-corrected chi connectivity index (χ0v) is 23.6. The first-order chi connectivity index (χ1) is 18.8. The molecule has 0 radical (unpaired) electrons. The van der Waals surface area contributed by atoms with Crippen LogP contribution in [0.25, 0.3) is 21.2 Å². The number of carbonyl (C=O) groups is 1. The van der Waals surface area contributed by atoms with Gasteiger partial charge in [0.2, 0.25) is 0 Å². The molecule has 9 heteroatoms. The minimum absolute atomic E-state index is 0.0441. The zero-order valence-electron chi connectivity index (χ0n) is 22.1. The van der Waals surface area contributed by atoms with Crippen molar-refractivity contribution in [1.82, 2.24) is 15.2 Å². The molecule has 0 bridgehead atoms. The lowest BCUT2D eigenvalue weighted by Crippen LogP contribution is -2.44. The van der Waals surface area contributed by atoms with Crippen LogP contribution in [0.5, 0.6) is 5.75 Å². The molecule has 204 valence electrons. The summed E-state index contributed by atoms with van der Waals surface area (Å²) in [4.78, 5) is 20.5. The molecule has 1 saturated carbocycles. The van der Waals surface area contributed by atoms with Crippen LogP contribution < -0.4 is 10.1 Å². The Morgan fingerprint density at radius 1 is 1.10 bits per heavy atom. The third-order valence-electron chi connectivity index (χ3n) is 7.55. The minimum Gasteiger partial charge on any atom is -0.496 e. The van der Waals surface area contributed by atoms with Crippen LogP contribution in [0.1, 0.15) is 46.6 Å². The highest BCUT2D eigenvalue weighted by Crippen LogP contribution is 2.40. The number of nitrogens with zero attached hydrogens (tertiary/aromatic N) is 2. The summed E-state index contributed by atoms with van der Waals surface area (Å²) in [5.74, 6) is -0.925. The predicted octanol–water partition coefficient (Wildman–Crippen LogP) is 7.38. The largest absolute Gasteiger partial charge is 0.496 e.